The summed E-state index contributed by atoms with van der Waals surface area (Å²) in [4.78, 5) is 17.6. The maximum absolute atomic E-state index is 11.7. The Kier molecular flexibility index (Phi) is 4.15. The van der Waals surface area contributed by atoms with E-state index < -0.39 is 0 Å². The van der Waals surface area contributed by atoms with Gasteiger partial charge in [0.15, 0.2) is 5.82 Å². The first-order chi connectivity index (χ1) is 10.7. The summed E-state index contributed by atoms with van der Waals surface area (Å²) < 4.78 is 5.12. The number of anilines is 2. The second kappa shape index (κ2) is 6.23. The van der Waals surface area contributed by atoms with Crippen LogP contribution in [0.25, 0.3) is 0 Å². The molecule has 1 aliphatic rings. The number of carbonyl (C=O) groups is 1. The van der Waals surface area contributed by atoms with Crippen molar-refractivity contribution in [1.29, 1.82) is 0 Å². The zero-order chi connectivity index (χ0) is 15.5. The Balaban J connectivity index is 1.73. The van der Waals surface area contributed by atoms with Crippen molar-refractivity contribution in [2.45, 2.75) is 19.9 Å². The van der Waals surface area contributed by atoms with Gasteiger partial charge in [0, 0.05) is 25.2 Å². The number of nitrogens with one attached hydrogen (secondary N) is 2. The number of nitrogens with zero attached hydrogens (tertiary/aromatic N) is 3. The quantitative estimate of drug-likeness (QED) is 0.883. The number of hydrogen-bond acceptors (Lipinski definition) is 5. The van der Waals surface area contributed by atoms with Crippen molar-refractivity contribution in [3.63, 3.8) is 0 Å². The van der Waals surface area contributed by atoms with Gasteiger partial charge < -0.3 is 15.2 Å². The average Bonchev–Trinajstić information content (AvgIpc) is 3.15. The van der Waals surface area contributed by atoms with Crippen LogP contribution in [0.4, 0.5) is 16.2 Å². The van der Waals surface area contributed by atoms with E-state index in [0.29, 0.717) is 36.4 Å². The number of rotatable bonds is 5. The number of urea groups is 1. The molecule has 2 heterocycles. The molecule has 8 heteroatoms. The summed E-state index contributed by atoms with van der Waals surface area (Å²) in [7, 11) is 0. The molecular weight excluding hydrogens is 306 g/mol. The van der Waals surface area contributed by atoms with Crippen LogP contribution in [-0.4, -0.2) is 29.3 Å². The summed E-state index contributed by atoms with van der Waals surface area (Å²) in [6, 6.07) is 5.32. The predicted molar refractivity (Wildman–Crippen MR) is 83.2 cm³/mol. The van der Waals surface area contributed by atoms with Gasteiger partial charge in [0.05, 0.1) is 17.3 Å². The number of aromatic nitrogens is 2. The number of halogens is 1. The van der Waals surface area contributed by atoms with E-state index in [1.165, 1.54) is 0 Å². The number of benzene rings is 1. The monoisotopic (exact) mass is 321 g/mol. The molecule has 1 aliphatic heterocycles. The van der Waals surface area contributed by atoms with E-state index in [-0.39, 0.29) is 6.03 Å². The number of aryl methyl sites for hydroxylation is 1. The van der Waals surface area contributed by atoms with Gasteiger partial charge in [-0.15, -0.1) is 0 Å². The smallest absolute Gasteiger partial charge is 0.321 e. The highest BCUT2D eigenvalue weighted by Gasteiger charge is 2.21. The second-order valence-corrected chi connectivity index (χ2v) is 5.27. The number of hydrogen-bond donors (Lipinski definition) is 2. The van der Waals surface area contributed by atoms with E-state index in [1.54, 1.807) is 11.0 Å². The molecule has 1 saturated heterocycles. The number of carbonyl (C=O) groups excluding carboxylic acids is 1. The molecule has 2 amide bonds. The van der Waals surface area contributed by atoms with Gasteiger partial charge in [0.25, 0.3) is 0 Å². The molecule has 0 saturated carbocycles. The van der Waals surface area contributed by atoms with Crippen molar-refractivity contribution in [3.05, 3.63) is 34.9 Å². The molecule has 0 unspecified atom stereocenters. The second-order valence-electron chi connectivity index (χ2n) is 4.86. The standard InChI is InChI=1S/C14H16ClN5O2/c1-2-12-18-13(22-19-12)8-17-11-7-9(3-4-10(11)15)20-6-5-16-14(20)21/h3-4,7,17H,2,5-6,8H2,1H3,(H,16,21). The fourth-order valence-corrected chi connectivity index (χ4v) is 2.40. The molecule has 2 aromatic rings. The van der Waals surface area contributed by atoms with Crippen LogP contribution in [0, 0.1) is 0 Å². The van der Waals surface area contributed by atoms with E-state index in [1.807, 2.05) is 19.1 Å². The molecule has 0 bridgehead atoms. The highest BCUT2D eigenvalue weighted by atomic mass is 35.5. The van der Waals surface area contributed by atoms with Crippen LogP contribution in [0.3, 0.4) is 0 Å². The predicted octanol–water partition coefficient (Wildman–Crippen LogP) is 2.43. The maximum atomic E-state index is 11.7. The Morgan fingerprint density at radius 3 is 3.05 bits per heavy atom. The minimum absolute atomic E-state index is 0.0993. The molecular formula is C14H16ClN5O2. The van der Waals surface area contributed by atoms with Crippen LogP contribution in [0.1, 0.15) is 18.6 Å². The van der Waals surface area contributed by atoms with E-state index >= 15 is 0 Å². The lowest BCUT2D eigenvalue weighted by molar-refractivity contribution is 0.252. The van der Waals surface area contributed by atoms with Crippen LogP contribution in [0.15, 0.2) is 22.7 Å². The molecule has 0 aliphatic carbocycles. The van der Waals surface area contributed by atoms with Crippen molar-refractivity contribution in [2.75, 3.05) is 23.3 Å². The Morgan fingerprint density at radius 1 is 1.50 bits per heavy atom. The summed E-state index contributed by atoms with van der Waals surface area (Å²) in [5.74, 6) is 1.17. The highest BCUT2D eigenvalue weighted by Crippen LogP contribution is 2.28. The first-order valence-corrected chi connectivity index (χ1v) is 7.45. The van der Waals surface area contributed by atoms with E-state index in [9.17, 15) is 4.79 Å². The van der Waals surface area contributed by atoms with Crippen LogP contribution in [0.5, 0.6) is 0 Å². The van der Waals surface area contributed by atoms with Crippen molar-refractivity contribution >= 4 is 29.0 Å². The van der Waals surface area contributed by atoms with Gasteiger partial charge in [-0.05, 0) is 18.2 Å². The van der Waals surface area contributed by atoms with E-state index in [0.717, 1.165) is 17.8 Å². The van der Waals surface area contributed by atoms with Crippen LogP contribution < -0.4 is 15.5 Å². The first kappa shape index (κ1) is 14.6. The largest absolute Gasteiger partial charge is 0.375 e. The molecule has 0 atom stereocenters. The SMILES string of the molecule is CCc1noc(CNc2cc(N3CCNC3=O)ccc2Cl)n1. The molecule has 1 aromatic carbocycles. The van der Waals surface area contributed by atoms with Gasteiger partial charge in [-0.25, -0.2) is 4.79 Å². The Bertz CT molecular complexity index is 688. The maximum Gasteiger partial charge on any atom is 0.321 e. The highest BCUT2D eigenvalue weighted by molar-refractivity contribution is 6.33. The van der Waals surface area contributed by atoms with Crippen LogP contribution in [-0.2, 0) is 13.0 Å². The lowest BCUT2D eigenvalue weighted by Crippen LogP contribution is -2.27. The van der Waals surface area contributed by atoms with Gasteiger partial charge in [-0.1, -0.05) is 23.7 Å². The summed E-state index contributed by atoms with van der Waals surface area (Å²) >= 11 is 6.19. The first-order valence-electron chi connectivity index (χ1n) is 7.07. The lowest BCUT2D eigenvalue weighted by atomic mass is 10.2. The summed E-state index contributed by atoms with van der Waals surface area (Å²) in [6.07, 6.45) is 0.726. The van der Waals surface area contributed by atoms with Gasteiger partial charge in [-0.3, -0.25) is 4.90 Å². The lowest BCUT2D eigenvalue weighted by Gasteiger charge is -2.16. The van der Waals surface area contributed by atoms with Gasteiger partial charge in [0.2, 0.25) is 5.89 Å². The zero-order valence-corrected chi connectivity index (χ0v) is 12.9. The van der Waals surface area contributed by atoms with Crippen molar-refractivity contribution in [2.24, 2.45) is 0 Å². The van der Waals surface area contributed by atoms with E-state index in [4.69, 9.17) is 16.1 Å². The molecule has 0 spiro atoms. The van der Waals surface area contributed by atoms with Gasteiger partial charge >= 0.3 is 6.03 Å². The third kappa shape index (κ3) is 2.99. The van der Waals surface area contributed by atoms with Gasteiger partial charge in [0.1, 0.15) is 0 Å². The third-order valence-electron chi connectivity index (χ3n) is 3.37. The van der Waals surface area contributed by atoms with Crippen molar-refractivity contribution in [3.8, 4) is 0 Å². The van der Waals surface area contributed by atoms with Crippen molar-refractivity contribution in [1.82, 2.24) is 15.5 Å². The molecule has 2 N–H and O–H groups in total. The average molecular weight is 322 g/mol. The molecule has 7 nitrogen and oxygen atoms in total. The molecule has 3 rings (SSSR count). The fraction of sp³-hybridized carbons (Fsp3) is 0.357. The molecule has 1 aromatic heterocycles. The third-order valence-corrected chi connectivity index (χ3v) is 3.70. The summed E-state index contributed by atoms with van der Waals surface area (Å²) in [6.45, 7) is 3.63. The minimum atomic E-state index is -0.0993. The molecule has 0 radical (unpaired) electrons. The summed E-state index contributed by atoms with van der Waals surface area (Å²) in [5, 5.41) is 10.3. The van der Waals surface area contributed by atoms with E-state index in [2.05, 4.69) is 20.8 Å². The van der Waals surface area contributed by atoms with Crippen LogP contribution >= 0.6 is 11.6 Å². The summed E-state index contributed by atoms with van der Waals surface area (Å²) in [5.41, 5.74) is 1.51. The Morgan fingerprint density at radius 2 is 2.36 bits per heavy atom. The van der Waals surface area contributed by atoms with Crippen LogP contribution in [0.2, 0.25) is 5.02 Å². The molecule has 1 fully saturated rings. The van der Waals surface area contributed by atoms with Crippen molar-refractivity contribution < 1.29 is 9.32 Å². The molecule has 22 heavy (non-hydrogen) atoms. The normalized spacial score (nSPS) is 14.3. The Labute approximate surface area is 132 Å². The minimum Gasteiger partial charge on any atom is -0.375 e. The fourth-order valence-electron chi connectivity index (χ4n) is 2.21. The number of amides is 2. The zero-order valence-electron chi connectivity index (χ0n) is 12.1. The molecule has 116 valence electrons. The topological polar surface area (TPSA) is 83.3 Å². The Hall–Kier alpha value is -2.28. The van der Waals surface area contributed by atoms with Gasteiger partial charge in [-0.2, -0.15) is 4.98 Å².